The van der Waals surface area contributed by atoms with Crippen LogP contribution in [-0.2, 0) is 30.4 Å². The first kappa shape index (κ1) is 23.0. The molecular weight excluding hydrogens is 328 g/mol. The summed E-state index contributed by atoms with van der Waals surface area (Å²) in [5, 5.41) is 16.3. The van der Waals surface area contributed by atoms with Crippen molar-refractivity contribution in [2.24, 2.45) is 0 Å². The van der Waals surface area contributed by atoms with E-state index in [-0.39, 0.29) is 12.8 Å². The molecule has 0 saturated heterocycles. The molecule has 0 unspecified atom stereocenters. The molecular formula is C18H28O7. The first-order chi connectivity index (χ1) is 12.1. The van der Waals surface area contributed by atoms with E-state index in [0.29, 0.717) is 45.9 Å². The number of carboxylic acid groups (broad SMARTS) is 2. The number of rotatable bonds is 13. The second-order valence-electron chi connectivity index (χ2n) is 5.14. The predicted molar refractivity (Wildman–Crippen MR) is 92.5 cm³/mol. The highest BCUT2D eigenvalue weighted by atomic mass is 16.5. The molecule has 0 aliphatic heterocycles. The molecule has 142 valence electrons. The Bertz CT molecular complexity index is 432. The number of hydrogen-bond acceptors (Lipinski definition) is 5. The molecule has 7 nitrogen and oxygen atoms in total. The van der Waals surface area contributed by atoms with E-state index in [0.717, 1.165) is 0 Å². The van der Waals surface area contributed by atoms with Crippen molar-refractivity contribution in [3.8, 4) is 0 Å². The van der Waals surface area contributed by atoms with Gasteiger partial charge in [0.05, 0.1) is 33.0 Å². The van der Waals surface area contributed by atoms with Crippen LogP contribution >= 0.6 is 0 Å². The van der Waals surface area contributed by atoms with E-state index >= 15 is 0 Å². The van der Waals surface area contributed by atoms with Crippen LogP contribution in [0.3, 0.4) is 0 Å². The number of aliphatic carboxylic acids is 2. The molecule has 0 spiro atoms. The van der Waals surface area contributed by atoms with Crippen LogP contribution in [0.2, 0.25) is 0 Å². The Morgan fingerprint density at radius 1 is 0.840 bits per heavy atom. The van der Waals surface area contributed by atoms with Gasteiger partial charge in [-0.2, -0.15) is 0 Å². The van der Waals surface area contributed by atoms with E-state index in [4.69, 9.17) is 24.4 Å². The van der Waals surface area contributed by atoms with Gasteiger partial charge in [0, 0.05) is 20.0 Å². The molecule has 2 N–H and O–H groups in total. The summed E-state index contributed by atoms with van der Waals surface area (Å²) in [5.41, 5.74) is 1.19. The van der Waals surface area contributed by atoms with E-state index in [2.05, 4.69) is 0 Å². The van der Waals surface area contributed by atoms with Crippen LogP contribution in [0.15, 0.2) is 30.3 Å². The van der Waals surface area contributed by atoms with Gasteiger partial charge in [0.2, 0.25) is 0 Å². The van der Waals surface area contributed by atoms with Crippen LogP contribution < -0.4 is 0 Å². The Balaban J connectivity index is 0.000000504. The smallest absolute Gasteiger partial charge is 0.303 e. The van der Waals surface area contributed by atoms with Gasteiger partial charge in [-0.3, -0.25) is 9.59 Å². The first-order valence-electron chi connectivity index (χ1n) is 8.18. The van der Waals surface area contributed by atoms with Gasteiger partial charge in [0.15, 0.2) is 0 Å². The molecule has 7 heteroatoms. The Morgan fingerprint density at radius 3 is 1.88 bits per heavy atom. The third-order valence-electron chi connectivity index (χ3n) is 2.95. The average Bonchev–Trinajstić information content (AvgIpc) is 2.59. The highest BCUT2D eigenvalue weighted by molar-refractivity contribution is 5.67. The molecule has 0 aliphatic rings. The highest BCUT2D eigenvalue weighted by Gasteiger charge is 1.99. The van der Waals surface area contributed by atoms with Crippen molar-refractivity contribution in [1.82, 2.24) is 0 Å². The molecule has 0 radical (unpaired) electrons. The second-order valence-corrected chi connectivity index (χ2v) is 5.14. The van der Waals surface area contributed by atoms with Crippen molar-refractivity contribution in [3.05, 3.63) is 35.9 Å². The van der Waals surface area contributed by atoms with Gasteiger partial charge in [-0.05, 0) is 18.4 Å². The zero-order valence-corrected chi connectivity index (χ0v) is 14.7. The highest BCUT2D eigenvalue weighted by Crippen LogP contribution is 2.00. The maximum absolute atomic E-state index is 9.90. The van der Waals surface area contributed by atoms with Crippen molar-refractivity contribution in [2.75, 3.05) is 33.5 Å². The molecule has 1 aromatic rings. The molecule has 0 aliphatic carbocycles. The van der Waals surface area contributed by atoms with Gasteiger partial charge in [0.1, 0.15) is 0 Å². The quantitative estimate of drug-likeness (QED) is 0.524. The van der Waals surface area contributed by atoms with Crippen molar-refractivity contribution < 1.29 is 34.0 Å². The maximum atomic E-state index is 9.90. The lowest BCUT2D eigenvalue weighted by molar-refractivity contribution is -0.139. The minimum absolute atomic E-state index is 0.0628. The van der Waals surface area contributed by atoms with E-state index in [1.54, 1.807) is 7.11 Å². The third-order valence-corrected chi connectivity index (χ3v) is 2.95. The summed E-state index contributed by atoms with van der Waals surface area (Å²) in [6.45, 7) is 3.16. The summed E-state index contributed by atoms with van der Waals surface area (Å²) < 4.78 is 15.5. The summed E-state index contributed by atoms with van der Waals surface area (Å²) in [5.74, 6) is -1.74. The zero-order chi connectivity index (χ0) is 18.8. The Morgan fingerprint density at radius 2 is 1.36 bits per heavy atom. The number of hydrogen-bond donors (Lipinski definition) is 2. The van der Waals surface area contributed by atoms with E-state index < -0.39 is 11.9 Å². The van der Waals surface area contributed by atoms with Gasteiger partial charge >= 0.3 is 11.9 Å². The second kappa shape index (κ2) is 16.9. The molecule has 0 heterocycles. The average molecular weight is 356 g/mol. The van der Waals surface area contributed by atoms with Crippen LogP contribution in [0.25, 0.3) is 0 Å². The maximum Gasteiger partial charge on any atom is 0.303 e. The van der Waals surface area contributed by atoms with Gasteiger partial charge in [-0.25, -0.2) is 0 Å². The number of methoxy groups -OCH3 is 1. The summed E-state index contributed by atoms with van der Waals surface area (Å²) in [6, 6.07) is 10.1. The van der Waals surface area contributed by atoms with Crippen molar-refractivity contribution in [3.63, 3.8) is 0 Å². The minimum atomic E-state index is -0.870. The normalized spacial score (nSPS) is 9.96. The standard InChI is InChI=1S/C12H18O3.C6H10O4/c1-13-7-8-14-9-10-15-11-12-5-3-2-4-6-12;7-5(8)3-1-2-4-6(9)10/h2-6H,7-11H2,1H3;1-4H2,(H,7,8)(H,9,10). The molecule has 0 saturated carbocycles. The van der Waals surface area contributed by atoms with Crippen LogP contribution in [-0.4, -0.2) is 55.7 Å². The number of benzene rings is 1. The topological polar surface area (TPSA) is 102 Å². The van der Waals surface area contributed by atoms with Crippen LogP contribution in [0, 0.1) is 0 Å². The fourth-order valence-corrected chi connectivity index (χ4v) is 1.68. The summed E-state index contributed by atoms with van der Waals surface area (Å²) >= 11 is 0. The molecule has 1 rings (SSSR count). The van der Waals surface area contributed by atoms with Crippen molar-refractivity contribution in [2.45, 2.75) is 32.3 Å². The molecule has 1 aromatic carbocycles. The summed E-state index contributed by atoms with van der Waals surface area (Å²) in [6.07, 6.45) is 1.02. The summed E-state index contributed by atoms with van der Waals surface area (Å²) in [7, 11) is 1.66. The van der Waals surface area contributed by atoms with Crippen LogP contribution in [0.1, 0.15) is 31.2 Å². The number of ether oxygens (including phenoxy) is 3. The van der Waals surface area contributed by atoms with Crippen LogP contribution in [0.4, 0.5) is 0 Å². The van der Waals surface area contributed by atoms with E-state index in [1.807, 2.05) is 30.3 Å². The number of unbranched alkanes of at least 4 members (excludes halogenated alkanes) is 1. The number of carboxylic acids is 2. The Labute approximate surface area is 148 Å². The number of carbonyl (C=O) groups is 2. The lowest BCUT2D eigenvalue weighted by Crippen LogP contribution is -2.08. The van der Waals surface area contributed by atoms with Crippen molar-refractivity contribution >= 4 is 11.9 Å². The molecule has 0 atom stereocenters. The van der Waals surface area contributed by atoms with E-state index in [1.165, 1.54) is 5.56 Å². The Kier molecular flexibility index (Phi) is 15.6. The molecule has 25 heavy (non-hydrogen) atoms. The first-order valence-corrected chi connectivity index (χ1v) is 8.18. The van der Waals surface area contributed by atoms with Gasteiger partial charge < -0.3 is 24.4 Å². The van der Waals surface area contributed by atoms with Gasteiger partial charge in [0.25, 0.3) is 0 Å². The largest absolute Gasteiger partial charge is 0.481 e. The monoisotopic (exact) mass is 356 g/mol. The van der Waals surface area contributed by atoms with Crippen molar-refractivity contribution in [1.29, 1.82) is 0 Å². The Hall–Kier alpha value is -1.96. The molecule has 0 bridgehead atoms. The molecule has 0 amide bonds. The fraction of sp³-hybridized carbons (Fsp3) is 0.556. The lowest BCUT2D eigenvalue weighted by atomic mass is 10.2. The SMILES string of the molecule is COCCOCCOCc1ccccc1.O=C(O)CCCCC(=O)O. The molecule has 0 aromatic heterocycles. The van der Waals surface area contributed by atoms with Gasteiger partial charge in [-0.15, -0.1) is 0 Å². The third kappa shape index (κ3) is 18.2. The lowest BCUT2D eigenvalue weighted by Gasteiger charge is -2.05. The zero-order valence-electron chi connectivity index (χ0n) is 14.7. The summed E-state index contributed by atoms with van der Waals surface area (Å²) in [4.78, 5) is 19.8. The predicted octanol–water partition coefficient (Wildman–Crippen LogP) is 2.58. The van der Waals surface area contributed by atoms with E-state index in [9.17, 15) is 9.59 Å². The molecule has 0 fully saturated rings. The minimum Gasteiger partial charge on any atom is -0.481 e. The fourth-order valence-electron chi connectivity index (χ4n) is 1.68. The van der Waals surface area contributed by atoms with Gasteiger partial charge in [-0.1, -0.05) is 30.3 Å². The van der Waals surface area contributed by atoms with Crippen LogP contribution in [0.5, 0.6) is 0 Å².